The molecule has 1 aliphatic rings. The maximum Gasteiger partial charge on any atom is 0.208 e. The van der Waals surface area contributed by atoms with E-state index < -0.39 is 0 Å². The van der Waals surface area contributed by atoms with Crippen molar-refractivity contribution in [1.82, 2.24) is 10.3 Å². The van der Waals surface area contributed by atoms with Crippen LogP contribution in [0.2, 0.25) is 0 Å². The summed E-state index contributed by atoms with van der Waals surface area (Å²) in [4.78, 5) is 4.29. The molecule has 0 saturated heterocycles. The topological polar surface area (TPSA) is 38.1 Å². The largest absolute Gasteiger partial charge is 0.444 e. The van der Waals surface area contributed by atoms with E-state index >= 15 is 0 Å². The van der Waals surface area contributed by atoms with Crippen molar-refractivity contribution in [3.63, 3.8) is 0 Å². The lowest BCUT2D eigenvalue weighted by Gasteiger charge is -2.13. The average Bonchev–Trinajstić information content (AvgIpc) is 3.02. The minimum atomic E-state index is 0.437. The van der Waals surface area contributed by atoms with Crippen LogP contribution in [0.1, 0.15) is 47.7 Å². The van der Waals surface area contributed by atoms with Gasteiger partial charge in [0.05, 0.1) is 12.7 Å². The molecule has 19 heavy (non-hydrogen) atoms. The Hall–Kier alpha value is -1.61. The molecule has 1 aromatic carbocycles. The highest BCUT2D eigenvalue weighted by Gasteiger charge is 2.22. The van der Waals surface area contributed by atoms with E-state index in [0.717, 1.165) is 18.1 Å². The standard InChI is InChI=1S/C16H20N2O/c1-3-13-9-18-16(19-13)10-17-15-7-6-12-5-4-11(2)8-14(12)15/h4-5,8-9,15,17H,3,6-7,10H2,1-2H3. The first-order valence-electron chi connectivity index (χ1n) is 7.02. The van der Waals surface area contributed by atoms with Gasteiger partial charge in [-0.15, -0.1) is 0 Å². The number of fused-ring (bicyclic) bond motifs is 1. The SMILES string of the molecule is CCc1cnc(CNC2CCc3ccc(C)cc32)o1. The highest BCUT2D eigenvalue weighted by molar-refractivity contribution is 5.37. The van der Waals surface area contributed by atoms with E-state index in [4.69, 9.17) is 4.42 Å². The van der Waals surface area contributed by atoms with Gasteiger partial charge in [0.25, 0.3) is 0 Å². The van der Waals surface area contributed by atoms with Crippen molar-refractivity contribution < 1.29 is 4.42 Å². The molecule has 0 saturated carbocycles. The Morgan fingerprint density at radius 3 is 3.11 bits per heavy atom. The number of oxazole rings is 1. The molecule has 0 radical (unpaired) electrons. The molecule has 0 fully saturated rings. The summed E-state index contributed by atoms with van der Waals surface area (Å²) in [6, 6.07) is 7.19. The number of hydrogen-bond donors (Lipinski definition) is 1. The number of rotatable bonds is 4. The highest BCUT2D eigenvalue weighted by atomic mass is 16.4. The van der Waals surface area contributed by atoms with Gasteiger partial charge in [0.1, 0.15) is 5.76 Å². The summed E-state index contributed by atoms with van der Waals surface area (Å²) in [7, 11) is 0. The first kappa shape index (κ1) is 12.4. The van der Waals surface area contributed by atoms with E-state index in [1.54, 1.807) is 0 Å². The number of benzene rings is 1. The third kappa shape index (κ3) is 2.56. The zero-order valence-electron chi connectivity index (χ0n) is 11.6. The summed E-state index contributed by atoms with van der Waals surface area (Å²) in [5, 5.41) is 3.56. The fourth-order valence-electron chi connectivity index (χ4n) is 2.74. The van der Waals surface area contributed by atoms with Crippen molar-refractivity contribution in [2.24, 2.45) is 0 Å². The van der Waals surface area contributed by atoms with Crippen LogP contribution in [0.3, 0.4) is 0 Å². The zero-order valence-corrected chi connectivity index (χ0v) is 11.6. The van der Waals surface area contributed by atoms with Crippen LogP contribution in [-0.2, 0) is 19.4 Å². The van der Waals surface area contributed by atoms with Crippen LogP contribution in [0.25, 0.3) is 0 Å². The van der Waals surface area contributed by atoms with Crippen LogP contribution in [0, 0.1) is 6.92 Å². The fourth-order valence-corrected chi connectivity index (χ4v) is 2.74. The molecular formula is C16H20N2O. The Morgan fingerprint density at radius 1 is 1.42 bits per heavy atom. The van der Waals surface area contributed by atoms with Crippen molar-refractivity contribution >= 4 is 0 Å². The van der Waals surface area contributed by atoms with Crippen molar-refractivity contribution in [3.8, 4) is 0 Å². The Labute approximate surface area is 114 Å². The summed E-state index contributed by atoms with van der Waals surface area (Å²) < 4.78 is 5.63. The minimum Gasteiger partial charge on any atom is -0.444 e. The number of nitrogens with zero attached hydrogens (tertiary/aromatic N) is 1. The summed E-state index contributed by atoms with van der Waals surface area (Å²) in [5.41, 5.74) is 4.25. The van der Waals surface area contributed by atoms with Gasteiger partial charge in [-0.3, -0.25) is 0 Å². The summed E-state index contributed by atoms with van der Waals surface area (Å²) in [6.45, 7) is 4.93. The molecule has 3 nitrogen and oxygen atoms in total. The average molecular weight is 256 g/mol. The number of hydrogen-bond acceptors (Lipinski definition) is 3. The molecule has 1 atom stereocenters. The van der Waals surface area contributed by atoms with Crippen LogP contribution >= 0.6 is 0 Å². The molecule has 3 heteroatoms. The normalized spacial score (nSPS) is 17.7. The quantitative estimate of drug-likeness (QED) is 0.912. The molecule has 3 rings (SSSR count). The van der Waals surface area contributed by atoms with E-state index in [0.29, 0.717) is 12.6 Å². The molecule has 0 aliphatic heterocycles. The van der Waals surface area contributed by atoms with E-state index in [2.05, 4.69) is 42.3 Å². The Balaban J connectivity index is 1.67. The molecule has 1 unspecified atom stereocenters. The van der Waals surface area contributed by atoms with Gasteiger partial charge in [-0.2, -0.15) is 0 Å². The van der Waals surface area contributed by atoms with Crippen LogP contribution in [0.15, 0.2) is 28.8 Å². The fraction of sp³-hybridized carbons (Fsp3) is 0.438. The van der Waals surface area contributed by atoms with E-state index in [1.807, 2.05) is 6.20 Å². The molecule has 2 aromatic rings. The number of aryl methyl sites for hydroxylation is 3. The number of aromatic nitrogens is 1. The molecule has 1 aliphatic carbocycles. The monoisotopic (exact) mass is 256 g/mol. The highest BCUT2D eigenvalue weighted by Crippen LogP contribution is 2.31. The molecule has 100 valence electrons. The lowest BCUT2D eigenvalue weighted by Crippen LogP contribution is -2.18. The second-order valence-corrected chi connectivity index (χ2v) is 5.25. The Bertz CT molecular complexity index is 574. The molecule has 0 amide bonds. The van der Waals surface area contributed by atoms with E-state index in [9.17, 15) is 0 Å². The Morgan fingerprint density at radius 2 is 2.32 bits per heavy atom. The molecule has 0 spiro atoms. The first-order valence-corrected chi connectivity index (χ1v) is 7.02. The van der Waals surface area contributed by atoms with Crippen LogP contribution in [-0.4, -0.2) is 4.98 Å². The molecule has 1 aromatic heterocycles. The van der Waals surface area contributed by atoms with Gasteiger partial charge in [-0.05, 0) is 30.9 Å². The van der Waals surface area contributed by atoms with Gasteiger partial charge >= 0.3 is 0 Å². The van der Waals surface area contributed by atoms with Crippen molar-refractivity contribution in [1.29, 1.82) is 0 Å². The summed E-state index contributed by atoms with van der Waals surface area (Å²) >= 11 is 0. The van der Waals surface area contributed by atoms with Gasteiger partial charge in [-0.1, -0.05) is 30.7 Å². The van der Waals surface area contributed by atoms with Gasteiger partial charge in [-0.25, -0.2) is 4.98 Å². The van der Waals surface area contributed by atoms with Crippen LogP contribution < -0.4 is 5.32 Å². The smallest absolute Gasteiger partial charge is 0.208 e. The van der Waals surface area contributed by atoms with Crippen molar-refractivity contribution in [2.45, 2.75) is 45.7 Å². The van der Waals surface area contributed by atoms with Crippen LogP contribution in [0.5, 0.6) is 0 Å². The van der Waals surface area contributed by atoms with Gasteiger partial charge in [0, 0.05) is 12.5 Å². The zero-order chi connectivity index (χ0) is 13.2. The summed E-state index contributed by atoms with van der Waals surface area (Å²) in [6.07, 6.45) is 5.06. The molecule has 0 bridgehead atoms. The van der Waals surface area contributed by atoms with Gasteiger partial charge in [0.2, 0.25) is 5.89 Å². The van der Waals surface area contributed by atoms with Crippen molar-refractivity contribution in [2.75, 3.05) is 0 Å². The predicted molar refractivity (Wildman–Crippen MR) is 75.0 cm³/mol. The molecule has 1 heterocycles. The third-order valence-electron chi connectivity index (χ3n) is 3.83. The predicted octanol–water partition coefficient (Wildman–Crippen LogP) is 3.32. The third-order valence-corrected chi connectivity index (χ3v) is 3.83. The van der Waals surface area contributed by atoms with Gasteiger partial charge < -0.3 is 9.73 Å². The van der Waals surface area contributed by atoms with E-state index in [1.165, 1.54) is 29.5 Å². The lowest BCUT2D eigenvalue weighted by atomic mass is 10.1. The maximum absolute atomic E-state index is 5.63. The maximum atomic E-state index is 5.63. The second-order valence-electron chi connectivity index (χ2n) is 5.25. The lowest BCUT2D eigenvalue weighted by molar-refractivity contribution is 0.416. The first-order chi connectivity index (χ1) is 9.26. The van der Waals surface area contributed by atoms with Crippen molar-refractivity contribution in [3.05, 3.63) is 52.7 Å². The van der Waals surface area contributed by atoms with E-state index in [-0.39, 0.29) is 0 Å². The molecular weight excluding hydrogens is 236 g/mol. The molecule has 1 N–H and O–H groups in total. The van der Waals surface area contributed by atoms with Gasteiger partial charge in [0.15, 0.2) is 0 Å². The minimum absolute atomic E-state index is 0.437. The Kier molecular flexibility index (Phi) is 3.38. The second kappa shape index (κ2) is 5.17. The summed E-state index contributed by atoms with van der Waals surface area (Å²) in [5.74, 6) is 1.75. The number of nitrogens with one attached hydrogen (secondary N) is 1. The van der Waals surface area contributed by atoms with Crippen LogP contribution in [0.4, 0.5) is 0 Å².